The second-order valence-electron chi connectivity index (χ2n) is 10.1. The van der Waals surface area contributed by atoms with Crippen molar-refractivity contribution in [2.75, 3.05) is 12.8 Å². The lowest BCUT2D eigenvalue weighted by atomic mass is 9.85. The van der Waals surface area contributed by atoms with Gasteiger partial charge in [0.2, 0.25) is 11.9 Å². The highest BCUT2D eigenvalue weighted by Crippen LogP contribution is 2.33. The van der Waals surface area contributed by atoms with Crippen LogP contribution in [0.25, 0.3) is 11.0 Å². The monoisotopic (exact) mass is 562 g/mol. The topological polar surface area (TPSA) is 111 Å². The number of fused-ring (bicyclic) bond motifs is 1. The average Bonchev–Trinajstić information content (AvgIpc) is 3.24. The molecule has 1 fully saturated rings. The van der Waals surface area contributed by atoms with E-state index < -0.39 is 12.1 Å². The Balaban J connectivity index is 0.000000559. The van der Waals surface area contributed by atoms with Crippen LogP contribution in [0.5, 0.6) is 11.5 Å². The minimum absolute atomic E-state index is 0.100. The lowest BCUT2D eigenvalue weighted by Gasteiger charge is -2.36. The normalized spacial score (nSPS) is 17.9. The number of anilines is 1. The van der Waals surface area contributed by atoms with E-state index >= 15 is 0 Å². The minimum atomic E-state index is -5.08. The summed E-state index contributed by atoms with van der Waals surface area (Å²) in [7, 11) is 1.98. The number of ether oxygens (including phenoxy) is 1. The third-order valence-electron chi connectivity index (χ3n) is 7.39. The van der Waals surface area contributed by atoms with E-state index in [0.717, 1.165) is 41.8 Å². The average molecular weight is 563 g/mol. The molecule has 0 saturated heterocycles. The summed E-state index contributed by atoms with van der Waals surface area (Å²) in [5.41, 5.74) is 8.13. The van der Waals surface area contributed by atoms with Gasteiger partial charge in [-0.15, -0.1) is 0 Å². The number of carboxylic acids is 1. The summed E-state index contributed by atoms with van der Waals surface area (Å²) in [6.45, 7) is 4.41. The molecule has 40 heavy (non-hydrogen) atoms. The Morgan fingerprint density at radius 2 is 1.80 bits per heavy atom. The first-order valence-corrected chi connectivity index (χ1v) is 13.5. The Morgan fingerprint density at radius 3 is 2.40 bits per heavy atom. The van der Waals surface area contributed by atoms with Crippen LogP contribution in [0.2, 0.25) is 0 Å². The number of rotatable bonds is 8. The third-order valence-corrected chi connectivity index (χ3v) is 7.39. The fourth-order valence-corrected chi connectivity index (χ4v) is 5.20. The second-order valence-corrected chi connectivity index (χ2v) is 10.1. The number of hydrogen-bond acceptors (Lipinski definition) is 5. The van der Waals surface area contributed by atoms with Crippen LogP contribution >= 0.6 is 0 Å². The van der Waals surface area contributed by atoms with Gasteiger partial charge < -0.3 is 25.0 Å². The predicted molar refractivity (Wildman–Crippen MR) is 147 cm³/mol. The van der Waals surface area contributed by atoms with Crippen LogP contribution in [-0.2, 0) is 9.59 Å². The maximum Gasteiger partial charge on any atom is 0.490 e. The molecule has 0 spiro atoms. The Bertz CT molecular complexity index is 1280. The molecule has 0 aliphatic heterocycles. The number of hydrogen-bond donors (Lipinski definition) is 2. The number of para-hydroxylation sites is 1. The van der Waals surface area contributed by atoms with Crippen LogP contribution in [0, 0.1) is 5.92 Å². The number of nitrogens with zero attached hydrogens (tertiary/aromatic N) is 3. The summed E-state index contributed by atoms with van der Waals surface area (Å²) in [5, 5.41) is 7.12. The summed E-state index contributed by atoms with van der Waals surface area (Å²) in [4.78, 5) is 28.5. The smallest absolute Gasteiger partial charge is 0.475 e. The summed E-state index contributed by atoms with van der Waals surface area (Å²) in [6.07, 6.45) is 1.86. The van der Waals surface area contributed by atoms with Gasteiger partial charge in [0.05, 0.1) is 11.0 Å². The van der Waals surface area contributed by atoms with Crippen molar-refractivity contribution in [2.24, 2.45) is 5.92 Å². The van der Waals surface area contributed by atoms with Crippen molar-refractivity contribution in [3.8, 4) is 11.5 Å². The number of carbonyl (C=O) groups is 2. The van der Waals surface area contributed by atoms with Gasteiger partial charge in [-0.3, -0.25) is 4.79 Å². The number of imidazole rings is 1. The van der Waals surface area contributed by atoms with Gasteiger partial charge in [-0.1, -0.05) is 44.9 Å². The number of alkyl halides is 3. The molecule has 1 aliphatic carbocycles. The van der Waals surface area contributed by atoms with Crippen LogP contribution in [0.15, 0.2) is 48.5 Å². The lowest BCUT2D eigenvalue weighted by molar-refractivity contribution is -0.192. The van der Waals surface area contributed by atoms with Crippen molar-refractivity contribution < 1.29 is 32.6 Å². The summed E-state index contributed by atoms with van der Waals surface area (Å²) >= 11 is 0. The Kier molecular flexibility index (Phi) is 10.4. The molecule has 1 aliphatic rings. The highest BCUT2D eigenvalue weighted by Gasteiger charge is 2.38. The molecular formula is C29H37F3N4O4. The first kappa shape index (κ1) is 30.8. The number of carboxylic acid groups (broad SMARTS) is 1. The summed E-state index contributed by atoms with van der Waals surface area (Å²) in [5.74, 6) is 0.0532. The molecule has 8 nitrogen and oxygen atoms in total. The molecule has 218 valence electrons. The van der Waals surface area contributed by atoms with Crippen molar-refractivity contribution in [3.63, 3.8) is 0 Å². The molecule has 1 saturated carbocycles. The van der Waals surface area contributed by atoms with E-state index in [1.165, 1.54) is 19.3 Å². The first-order chi connectivity index (χ1) is 18.9. The van der Waals surface area contributed by atoms with E-state index in [1.54, 1.807) is 0 Å². The van der Waals surface area contributed by atoms with Crippen molar-refractivity contribution in [3.05, 3.63) is 48.5 Å². The molecule has 1 heterocycles. The van der Waals surface area contributed by atoms with Gasteiger partial charge in [-0.2, -0.15) is 13.2 Å². The van der Waals surface area contributed by atoms with Crippen molar-refractivity contribution in [2.45, 2.75) is 77.1 Å². The maximum absolute atomic E-state index is 13.0. The fraction of sp³-hybridized carbons (Fsp3) is 0.483. The number of benzene rings is 2. The molecule has 0 radical (unpaired) electrons. The van der Waals surface area contributed by atoms with Crippen LogP contribution in [0.4, 0.5) is 19.1 Å². The van der Waals surface area contributed by atoms with Crippen molar-refractivity contribution in [1.29, 1.82) is 0 Å². The van der Waals surface area contributed by atoms with Gasteiger partial charge >= 0.3 is 12.1 Å². The molecule has 3 aromatic rings. The van der Waals surface area contributed by atoms with E-state index in [9.17, 15) is 18.0 Å². The van der Waals surface area contributed by atoms with Gasteiger partial charge in [-0.25, -0.2) is 9.78 Å². The van der Waals surface area contributed by atoms with Gasteiger partial charge in [0, 0.05) is 31.6 Å². The van der Waals surface area contributed by atoms with Gasteiger partial charge in [0.1, 0.15) is 11.5 Å². The fourth-order valence-electron chi connectivity index (χ4n) is 5.20. The van der Waals surface area contributed by atoms with Crippen LogP contribution in [-0.4, -0.2) is 50.7 Å². The molecule has 0 bridgehead atoms. The van der Waals surface area contributed by atoms with E-state index in [2.05, 4.69) is 23.4 Å². The third kappa shape index (κ3) is 7.89. The zero-order valence-electron chi connectivity index (χ0n) is 23.0. The first-order valence-electron chi connectivity index (χ1n) is 13.5. The summed E-state index contributed by atoms with van der Waals surface area (Å²) in [6, 6.07) is 16.0. The van der Waals surface area contributed by atoms with Crippen molar-refractivity contribution in [1.82, 2.24) is 14.5 Å². The standard InChI is InChI=1S/C27H36N4O2.C2HF3O2/c1-4-20(14-17-26(32)30(3)24-13-9-8-10-19(24)2)31-25-18-22(15-16-23(25)29-27(31)28)33-21-11-6-5-7-12-21;3-2(4,5)1(6)7/h5-7,11-12,15-16,18-20,24H,4,8-10,13-14,17H2,1-3H3,(H2,28,29);(H,6,7). The Labute approximate surface area is 231 Å². The van der Waals surface area contributed by atoms with E-state index in [0.29, 0.717) is 24.3 Å². The van der Waals surface area contributed by atoms with E-state index in [4.69, 9.17) is 20.4 Å². The highest BCUT2D eigenvalue weighted by molar-refractivity contribution is 5.80. The molecule has 4 rings (SSSR count). The zero-order valence-corrected chi connectivity index (χ0v) is 23.0. The van der Waals surface area contributed by atoms with Crippen molar-refractivity contribution >= 4 is 28.9 Å². The zero-order chi connectivity index (χ0) is 29.4. The highest BCUT2D eigenvalue weighted by atomic mass is 19.4. The largest absolute Gasteiger partial charge is 0.490 e. The predicted octanol–water partition coefficient (Wildman–Crippen LogP) is 6.81. The molecular weight excluding hydrogens is 525 g/mol. The molecule has 3 unspecified atom stereocenters. The second kappa shape index (κ2) is 13.5. The Hall–Kier alpha value is -3.76. The molecule has 3 N–H and O–H groups in total. The molecule has 1 amide bonds. The number of nitrogens with two attached hydrogens (primary N) is 1. The minimum Gasteiger partial charge on any atom is -0.475 e. The van der Waals surface area contributed by atoms with Crippen LogP contribution in [0.3, 0.4) is 0 Å². The van der Waals surface area contributed by atoms with Crippen LogP contribution < -0.4 is 10.5 Å². The van der Waals surface area contributed by atoms with Gasteiger partial charge in [-0.05, 0) is 55.9 Å². The Morgan fingerprint density at radius 1 is 1.15 bits per heavy atom. The molecule has 3 atom stereocenters. The number of aliphatic carboxylic acids is 1. The lowest BCUT2D eigenvalue weighted by Crippen LogP contribution is -2.42. The number of carbonyl (C=O) groups excluding carboxylic acids is 1. The number of aromatic nitrogens is 2. The maximum atomic E-state index is 13.0. The van der Waals surface area contributed by atoms with E-state index in [-0.39, 0.29) is 11.9 Å². The molecule has 11 heteroatoms. The molecule has 1 aromatic heterocycles. The van der Waals surface area contributed by atoms with Crippen LogP contribution in [0.1, 0.15) is 64.8 Å². The number of halogens is 3. The summed E-state index contributed by atoms with van der Waals surface area (Å²) < 4.78 is 39.8. The number of nitrogen functional groups attached to an aromatic ring is 1. The number of amides is 1. The van der Waals surface area contributed by atoms with E-state index in [1.807, 2.05) is 60.5 Å². The molecule has 2 aromatic carbocycles. The SMILES string of the molecule is CCC(CCC(=O)N(C)C1CCCCC1C)n1c(N)nc2ccc(Oc3ccccc3)cc21.O=C(O)C(F)(F)F. The van der Waals surface area contributed by atoms with Gasteiger partial charge in [0.25, 0.3) is 0 Å². The quantitative estimate of drug-likeness (QED) is 0.312. The van der Waals surface area contributed by atoms with Gasteiger partial charge in [0.15, 0.2) is 0 Å².